The fourth-order valence-corrected chi connectivity index (χ4v) is 3.02. The van der Waals surface area contributed by atoms with Crippen LogP contribution < -0.4 is 4.74 Å². The summed E-state index contributed by atoms with van der Waals surface area (Å²) in [7, 11) is 1.64. The number of carbonyl (C=O) groups excluding carboxylic acids is 1. The van der Waals surface area contributed by atoms with E-state index in [1.165, 1.54) is 5.56 Å². The quantitative estimate of drug-likeness (QED) is 0.519. The van der Waals surface area contributed by atoms with Crippen LogP contribution in [0, 0.1) is 6.92 Å². The van der Waals surface area contributed by atoms with Gasteiger partial charge in [-0.2, -0.15) is 0 Å². The van der Waals surface area contributed by atoms with E-state index in [4.69, 9.17) is 9.47 Å². The second-order valence-electron chi connectivity index (χ2n) is 6.13. The number of fused-ring (bicyclic) bond motifs is 1. The van der Waals surface area contributed by atoms with Gasteiger partial charge in [0.05, 0.1) is 20.1 Å². The Morgan fingerprint density at radius 2 is 1.92 bits per heavy atom. The molecule has 0 radical (unpaired) electrons. The van der Waals surface area contributed by atoms with Gasteiger partial charge in [-0.05, 0) is 49.1 Å². The van der Waals surface area contributed by atoms with Gasteiger partial charge in [0.15, 0.2) is 0 Å². The number of rotatable bonds is 7. The van der Waals surface area contributed by atoms with E-state index in [0.29, 0.717) is 6.61 Å². The van der Waals surface area contributed by atoms with E-state index >= 15 is 0 Å². The molecule has 0 atom stereocenters. The second-order valence-corrected chi connectivity index (χ2v) is 6.13. The molecule has 0 aliphatic carbocycles. The van der Waals surface area contributed by atoms with Crippen LogP contribution in [-0.4, -0.2) is 24.7 Å². The number of nitrogens with one attached hydrogen (secondary N) is 1. The third-order valence-corrected chi connectivity index (χ3v) is 4.36. The number of H-pyrrole nitrogens is 1. The maximum Gasteiger partial charge on any atom is 0.310 e. The van der Waals surface area contributed by atoms with Crippen LogP contribution in [0.5, 0.6) is 5.75 Å². The second kappa shape index (κ2) is 7.88. The molecule has 1 aromatic heterocycles. The lowest BCUT2D eigenvalue weighted by Crippen LogP contribution is -2.10. The lowest BCUT2D eigenvalue weighted by molar-refractivity contribution is -0.142. The normalized spacial score (nSPS) is 10.8. The molecular formula is C21H23NO3. The molecule has 25 heavy (non-hydrogen) atoms. The van der Waals surface area contributed by atoms with Crippen LogP contribution in [0.2, 0.25) is 0 Å². The molecule has 0 saturated heterocycles. The number of aromatic nitrogens is 1. The molecule has 0 spiro atoms. The zero-order valence-corrected chi connectivity index (χ0v) is 14.7. The Morgan fingerprint density at radius 3 is 2.68 bits per heavy atom. The van der Waals surface area contributed by atoms with Crippen molar-refractivity contribution in [2.24, 2.45) is 0 Å². The van der Waals surface area contributed by atoms with Crippen molar-refractivity contribution >= 4 is 16.9 Å². The third kappa shape index (κ3) is 4.21. The fourth-order valence-electron chi connectivity index (χ4n) is 3.02. The lowest BCUT2D eigenvalue weighted by atomic mass is 10.1. The number of esters is 1. The Morgan fingerprint density at radius 1 is 1.12 bits per heavy atom. The molecule has 0 aliphatic heterocycles. The van der Waals surface area contributed by atoms with Crippen LogP contribution >= 0.6 is 0 Å². The molecule has 0 aliphatic rings. The number of ether oxygens (including phenoxy) is 2. The molecule has 0 bridgehead atoms. The zero-order valence-electron chi connectivity index (χ0n) is 14.7. The molecule has 130 valence electrons. The van der Waals surface area contributed by atoms with Crippen LogP contribution in [0.25, 0.3) is 10.9 Å². The first kappa shape index (κ1) is 17.1. The summed E-state index contributed by atoms with van der Waals surface area (Å²) in [6.07, 6.45) is 2.01. The van der Waals surface area contributed by atoms with Gasteiger partial charge in [-0.25, -0.2) is 0 Å². The molecule has 4 heteroatoms. The first-order valence-electron chi connectivity index (χ1n) is 8.52. The van der Waals surface area contributed by atoms with Crippen molar-refractivity contribution in [1.29, 1.82) is 0 Å². The Hall–Kier alpha value is -2.75. The topological polar surface area (TPSA) is 51.3 Å². The molecule has 3 rings (SSSR count). The van der Waals surface area contributed by atoms with Crippen molar-refractivity contribution in [3.05, 3.63) is 65.4 Å². The summed E-state index contributed by atoms with van der Waals surface area (Å²) in [4.78, 5) is 15.5. The number of aromatic amines is 1. The minimum Gasteiger partial charge on any atom is -0.497 e. The van der Waals surface area contributed by atoms with E-state index < -0.39 is 0 Å². The van der Waals surface area contributed by atoms with E-state index in [0.717, 1.165) is 40.8 Å². The summed E-state index contributed by atoms with van der Waals surface area (Å²) in [5.41, 5.74) is 4.23. The third-order valence-electron chi connectivity index (χ3n) is 4.36. The van der Waals surface area contributed by atoms with Crippen molar-refractivity contribution in [2.75, 3.05) is 13.7 Å². The molecule has 4 nitrogen and oxygen atoms in total. The maximum absolute atomic E-state index is 12.2. The Kier molecular flexibility index (Phi) is 5.39. The van der Waals surface area contributed by atoms with Crippen molar-refractivity contribution in [2.45, 2.75) is 26.2 Å². The van der Waals surface area contributed by atoms with E-state index in [1.807, 2.05) is 43.3 Å². The summed E-state index contributed by atoms with van der Waals surface area (Å²) in [6, 6.07) is 16.1. The Labute approximate surface area is 147 Å². The van der Waals surface area contributed by atoms with E-state index in [1.54, 1.807) is 7.11 Å². The fraction of sp³-hybridized carbons (Fsp3) is 0.286. The SMILES string of the molecule is COc1ccc2[nH]c(C)c(CC(=O)OCCCc3ccccc3)c2c1. The van der Waals surface area contributed by atoms with Gasteiger partial charge in [0.1, 0.15) is 5.75 Å². The van der Waals surface area contributed by atoms with E-state index in [-0.39, 0.29) is 12.4 Å². The highest BCUT2D eigenvalue weighted by Crippen LogP contribution is 2.26. The predicted molar refractivity (Wildman–Crippen MR) is 99.0 cm³/mol. The van der Waals surface area contributed by atoms with Crippen LogP contribution in [0.1, 0.15) is 23.2 Å². The number of aryl methyl sites for hydroxylation is 2. The maximum atomic E-state index is 12.2. The molecule has 2 aromatic carbocycles. The lowest BCUT2D eigenvalue weighted by Gasteiger charge is -2.06. The average Bonchev–Trinajstić information content (AvgIpc) is 2.94. The van der Waals surface area contributed by atoms with E-state index in [2.05, 4.69) is 17.1 Å². The summed E-state index contributed by atoms with van der Waals surface area (Å²) >= 11 is 0. The van der Waals surface area contributed by atoms with Gasteiger partial charge >= 0.3 is 5.97 Å². The molecule has 1 N–H and O–H groups in total. The number of carbonyl (C=O) groups is 1. The van der Waals surface area contributed by atoms with Gasteiger partial charge in [-0.3, -0.25) is 4.79 Å². The first-order chi connectivity index (χ1) is 12.2. The predicted octanol–water partition coefficient (Wildman–Crippen LogP) is 4.20. The highest BCUT2D eigenvalue weighted by Gasteiger charge is 2.14. The number of hydrogen-bond acceptors (Lipinski definition) is 3. The summed E-state index contributed by atoms with van der Waals surface area (Å²) in [5.74, 6) is 0.587. The van der Waals surface area contributed by atoms with Crippen molar-refractivity contribution in [1.82, 2.24) is 4.98 Å². The molecule has 0 saturated carbocycles. The van der Waals surface area contributed by atoms with Crippen LogP contribution in [0.3, 0.4) is 0 Å². The molecule has 0 amide bonds. The largest absolute Gasteiger partial charge is 0.497 e. The van der Waals surface area contributed by atoms with Gasteiger partial charge in [0.25, 0.3) is 0 Å². The number of benzene rings is 2. The van der Waals surface area contributed by atoms with Crippen LogP contribution in [-0.2, 0) is 22.4 Å². The molecular weight excluding hydrogens is 314 g/mol. The molecule has 0 unspecified atom stereocenters. The number of methoxy groups -OCH3 is 1. The minimum absolute atomic E-state index is 0.195. The standard InChI is InChI=1S/C21H23NO3/c1-15-18(19-13-17(24-2)10-11-20(19)22-15)14-21(23)25-12-6-9-16-7-4-3-5-8-16/h3-5,7-8,10-11,13,22H,6,9,12,14H2,1-2H3. The van der Waals surface area contributed by atoms with Gasteiger partial charge < -0.3 is 14.5 Å². The minimum atomic E-state index is -0.195. The van der Waals surface area contributed by atoms with Gasteiger partial charge in [-0.1, -0.05) is 30.3 Å². The smallest absolute Gasteiger partial charge is 0.310 e. The molecule has 1 heterocycles. The highest BCUT2D eigenvalue weighted by molar-refractivity contribution is 5.89. The van der Waals surface area contributed by atoms with Crippen molar-refractivity contribution < 1.29 is 14.3 Å². The van der Waals surface area contributed by atoms with Gasteiger partial charge in [0.2, 0.25) is 0 Å². The number of hydrogen-bond donors (Lipinski definition) is 1. The zero-order chi connectivity index (χ0) is 17.6. The summed E-state index contributed by atoms with van der Waals surface area (Å²) in [5, 5.41) is 1.01. The average molecular weight is 337 g/mol. The molecule has 0 fully saturated rings. The van der Waals surface area contributed by atoms with Crippen LogP contribution in [0.15, 0.2) is 48.5 Å². The highest BCUT2D eigenvalue weighted by atomic mass is 16.5. The van der Waals surface area contributed by atoms with Crippen molar-refractivity contribution in [3.8, 4) is 5.75 Å². The van der Waals surface area contributed by atoms with Gasteiger partial charge in [-0.15, -0.1) is 0 Å². The summed E-state index contributed by atoms with van der Waals surface area (Å²) < 4.78 is 10.7. The van der Waals surface area contributed by atoms with E-state index in [9.17, 15) is 4.79 Å². The Balaban J connectivity index is 1.57. The Bertz CT molecular complexity index is 852. The molecule has 3 aromatic rings. The van der Waals surface area contributed by atoms with Crippen molar-refractivity contribution in [3.63, 3.8) is 0 Å². The monoisotopic (exact) mass is 337 g/mol. The summed E-state index contributed by atoms with van der Waals surface area (Å²) in [6.45, 7) is 2.42. The van der Waals surface area contributed by atoms with Crippen LogP contribution in [0.4, 0.5) is 0 Å². The van der Waals surface area contributed by atoms with Gasteiger partial charge in [0, 0.05) is 16.6 Å². The first-order valence-corrected chi connectivity index (χ1v) is 8.52.